The van der Waals surface area contributed by atoms with Crippen LogP contribution in [0.4, 0.5) is 11.4 Å². The summed E-state index contributed by atoms with van der Waals surface area (Å²) in [5.74, 6) is 0. The number of nitrogen functional groups attached to an aromatic ring is 1. The lowest BCUT2D eigenvalue weighted by molar-refractivity contribution is 0.0870. The van der Waals surface area contributed by atoms with Crippen LogP contribution in [-0.4, -0.2) is 46.1 Å². The lowest BCUT2D eigenvalue weighted by Gasteiger charge is -2.15. The highest BCUT2D eigenvalue weighted by Gasteiger charge is 2.18. The maximum atomic E-state index is 12.0. The Bertz CT molecular complexity index is 542. The van der Waals surface area contributed by atoms with E-state index in [4.69, 9.17) is 10.5 Å². The number of ether oxygens (including phenoxy) is 1. The predicted octanol–water partition coefficient (Wildman–Crippen LogP) is 1.36. The average Bonchev–Trinajstić information content (AvgIpc) is 2.35. The molecule has 7 heteroatoms. The smallest absolute Gasteiger partial charge is 0.242 e. The number of benzene rings is 1. The molecule has 0 radical (unpaired) electrons. The standard InChI is InChI=1S/C13H23N3O3S/c1-10(2)19-8-7-15-13-9-11(5-6-12(13)14)20(17,18)16(3)4/h5-6,9-10,15H,7-8,14H2,1-4H3. The van der Waals surface area contributed by atoms with E-state index in [2.05, 4.69) is 5.32 Å². The van der Waals surface area contributed by atoms with Crippen molar-refractivity contribution in [1.29, 1.82) is 0 Å². The highest BCUT2D eigenvalue weighted by Crippen LogP contribution is 2.24. The molecule has 0 heterocycles. The zero-order chi connectivity index (χ0) is 15.3. The molecule has 20 heavy (non-hydrogen) atoms. The second kappa shape index (κ2) is 6.92. The van der Waals surface area contributed by atoms with E-state index in [0.717, 1.165) is 0 Å². The third kappa shape index (κ3) is 4.36. The van der Waals surface area contributed by atoms with Crippen molar-refractivity contribution in [3.05, 3.63) is 18.2 Å². The summed E-state index contributed by atoms with van der Waals surface area (Å²) in [6.45, 7) is 5.01. The van der Waals surface area contributed by atoms with Crippen molar-refractivity contribution in [1.82, 2.24) is 4.31 Å². The Labute approximate surface area is 121 Å². The van der Waals surface area contributed by atoms with Crippen molar-refractivity contribution in [2.24, 2.45) is 0 Å². The van der Waals surface area contributed by atoms with Crippen LogP contribution in [0.1, 0.15) is 13.8 Å². The van der Waals surface area contributed by atoms with Crippen LogP contribution in [0.2, 0.25) is 0 Å². The minimum atomic E-state index is -3.45. The van der Waals surface area contributed by atoms with Crippen molar-refractivity contribution in [3.63, 3.8) is 0 Å². The molecule has 0 amide bonds. The molecule has 0 aliphatic rings. The number of hydrogen-bond donors (Lipinski definition) is 2. The molecular weight excluding hydrogens is 278 g/mol. The van der Waals surface area contributed by atoms with Gasteiger partial charge in [0.25, 0.3) is 0 Å². The average molecular weight is 301 g/mol. The fraction of sp³-hybridized carbons (Fsp3) is 0.538. The predicted molar refractivity (Wildman–Crippen MR) is 81.3 cm³/mol. The van der Waals surface area contributed by atoms with E-state index < -0.39 is 10.0 Å². The Kier molecular flexibility index (Phi) is 5.79. The molecule has 3 N–H and O–H groups in total. The van der Waals surface area contributed by atoms with E-state index in [0.29, 0.717) is 24.5 Å². The van der Waals surface area contributed by atoms with Gasteiger partial charge in [-0.15, -0.1) is 0 Å². The van der Waals surface area contributed by atoms with E-state index in [1.165, 1.54) is 24.5 Å². The SMILES string of the molecule is CC(C)OCCNc1cc(S(=O)(=O)N(C)C)ccc1N. The molecule has 0 saturated heterocycles. The maximum absolute atomic E-state index is 12.0. The monoisotopic (exact) mass is 301 g/mol. The minimum Gasteiger partial charge on any atom is -0.397 e. The first-order valence-electron chi connectivity index (χ1n) is 6.42. The first-order chi connectivity index (χ1) is 9.25. The van der Waals surface area contributed by atoms with Crippen LogP contribution < -0.4 is 11.1 Å². The Morgan fingerprint density at radius 2 is 2.00 bits per heavy atom. The van der Waals surface area contributed by atoms with Crippen molar-refractivity contribution in [2.45, 2.75) is 24.8 Å². The van der Waals surface area contributed by atoms with Gasteiger partial charge in [-0.3, -0.25) is 0 Å². The van der Waals surface area contributed by atoms with Gasteiger partial charge in [0, 0.05) is 20.6 Å². The van der Waals surface area contributed by atoms with E-state index in [9.17, 15) is 8.42 Å². The Morgan fingerprint density at radius 1 is 1.35 bits per heavy atom. The van der Waals surface area contributed by atoms with Crippen LogP contribution in [0, 0.1) is 0 Å². The van der Waals surface area contributed by atoms with Gasteiger partial charge in [-0.25, -0.2) is 12.7 Å². The van der Waals surface area contributed by atoms with E-state index in [1.807, 2.05) is 13.8 Å². The van der Waals surface area contributed by atoms with Gasteiger partial charge in [-0.05, 0) is 32.0 Å². The van der Waals surface area contributed by atoms with Gasteiger partial charge in [-0.1, -0.05) is 0 Å². The highest BCUT2D eigenvalue weighted by atomic mass is 32.2. The van der Waals surface area contributed by atoms with Crippen LogP contribution >= 0.6 is 0 Å². The van der Waals surface area contributed by atoms with Gasteiger partial charge < -0.3 is 15.8 Å². The van der Waals surface area contributed by atoms with Crippen LogP contribution in [0.3, 0.4) is 0 Å². The molecule has 0 bridgehead atoms. The van der Waals surface area contributed by atoms with E-state index in [-0.39, 0.29) is 11.0 Å². The molecule has 114 valence electrons. The van der Waals surface area contributed by atoms with Gasteiger partial charge in [0.2, 0.25) is 10.0 Å². The summed E-state index contributed by atoms with van der Waals surface area (Å²) in [7, 11) is -0.463. The quantitative estimate of drug-likeness (QED) is 0.587. The van der Waals surface area contributed by atoms with Gasteiger partial charge in [0.15, 0.2) is 0 Å². The summed E-state index contributed by atoms with van der Waals surface area (Å²) in [4.78, 5) is 0.212. The van der Waals surface area contributed by atoms with Gasteiger partial charge in [-0.2, -0.15) is 0 Å². The third-order valence-electron chi connectivity index (χ3n) is 2.67. The molecule has 0 saturated carbocycles. The molecule has 0 atom stereocenters. The first-order valence-corrected chi connectivity index (χ1v) is 7.86. The topological polar surface area (TPSA) is 84.7 Å². The molecule has 0 unspecified atom stereocenters. The van der Waals surface area contributed by atoms with Crippen LogP contribution in [0.5, 0.6) is 0 Å². The lowest BCUT2D eigenvalue weighted by Crippen LogP contribution is -2.22. The molecule has 0 spiro atoms. The summed E-state index contributed by atoms with van der Waals surface area (Å²) >= 11 is 0. The number of anilines is 2. The second-order valence-corrected chi connectivity index (χ2v) is 7.03. The summed E-state index contributed by atoms with van der Waals surface area (Å²) in [6.07, 6.45) is 0.162. The number of nitrogens with zero attached hydrogens (tertiary/aromatic N) is 1. The van der Waals surface area contributed by atoms with Crippen molar-refractivity contribution < 1.29 is 13.2 Å². The van der Waals surface area contributed by atoms with Gasteiger partial charge in [0.1, 0.15) is 0 Å². The molecule has 0 aliphatic carbocycles. The zero-order valence-electron chi connectivity index (χ0n) is 12.4. The Hall–Kier alpha value is -1.31. The number of hydrogen-bond acceptors (Lipinski definition) is 5. The van der Waals surface area contributed by atoms with E-state index in [1.54, 1.807) is 12.1 Å². The van der Waals surface area contributed by atoms with Crippen molar-refractivity contribution >= 4 is 21.4 Å². The van der Waals surface area contributed by atoms with Crippen molar-refractivity contribution in [3.8, 4) is 0 Å². The second-order valence-electron chi connectivity index (χ2n) is 4.88. The largest absolute Gasteiger partial charge is 0.397 e. The molecular formula is C13H23N3O3S. The minimum absolute atomic E-state index is 0.162. The molecule has 0 aromatic heterocycles. The Morgan fingerprint density at radius 3 is 2.55 bits per heavy atom. The first kappa shape index (κ1) is 16.7. The molecule has 0 fully saturated rings. The molecule has 1 rings (SSSR count). The van der Waals surface area contributed by atoms with Gasteiger partial charge >= 0.3 is 0 Å². The molecule has 1 aromatic rings. The van der Waals surface area contributed by atoms with Crippen LogP contribution in [0.15, 0.2) is 23.1 Å². The Balaban J connectivity index is 2.82. The number of rotatable bonds is 7. The molecule has 1 aromatic carbocycles. The zero-order valence-corrected chi connectivity index (χ0v) is 13.2. The summed E-state index contributed by atoms with van der Waals surface area (Å²) in [5.41, 5.74) is 6.94. The van der Waals surface area contributed by atoms with Crippen molar-refractivity contribution in [2.75, 3.05) is 38.3 Å². The fourth-order valence-corrected chi connectivity index (χ4v) is 2.47. The summed E-state index contributed by atoms with van der Waals surface area (Å²) in [5, 5.41) is 3.09. The lowest BCUT2D eigenvalue weighted by atomic mass is 10.2. The summed E-state index contributed by atoms with van der Waals surface area (Å²) in [6, 6.07) is 4.63. The maximum Gasteiger partial charge on any atom is 0.242 e. The van der Waals surface area contributed by atoms with Gasteiger partial charge in [0.05, 0.1) is 29.0 Å². The third-order valence-corrected chi connectivity index (χ3v) is 4.48. The highest BCUT2D eigenvalue weighted by molar-refractivity contribution is 7.89. The number of nitrogens with one attached hydrogen (secondary N) is 1. The summed E-state index contributed by atoms with van der Waals surface area (Å²) < 4.78 is 30.7. The number of nitrogens with two attached hydrogens (primary N) is 1. The molecule has 6 nitrogen and oxygen atoms in total. The van der Waals surface area contributed by atoms with Crippen LogP contribution in [0.25, 0.3) is 0 Å². The molecule has 0 aliphatic heterocycles. The fourth-order valence-electron chi connectivity index (χ4n) is 1.54. The number of sulfonamides is 1. The van der Waals surface area contributed by atoms with E-state index >= 15 is 0 Å². The van der Waals surface area contributed by atoms with Crippen LogP contribution in [-0.2, 0) is 14.8 Å². The normalized spacial score (nSPS) is 12.1.